The highest BCUT2D eigenvalue weighted by atomic mass is 35.5. The smallest absolute Gasteiger partial charge is 0.283 e. The lowest BCUT2D eigenvalue weighted by molar-refractivity contribution is -0.121. The summed E-state index contributed by atoms with van der Waals surface area (Å²) in [5, 5.41) is 22.1. The number of aromatic nitrogens is 6. The summed E-state index contributed by atoms with van der Waals surface area (Å²) in [6, 6.07) is 10.8. The lowest BCUT2D eigenvalue weighted by Crippen LogP contribution is -2.30. The number of Topliss-reactive ketones (excluding diaryl/α,β-unsaturated/α-hetero) is 1. The Morgan fingerprint density at radius 3 is 2.60 bits per heavy atom. The van der Waals surface area contributed by atoms with Crippen molar-refractivity contribution in [1.82, 2.24) is 29.3 Å². The van der Waals surface area contributed by atoms with Gasteiger partial charge in [0.1, 0.15) is 11.4 Å². The van der Waals surface area contributed by atoms with Crippen molar-refractivity contribution in [3.8, 4) is 22.6 Å². The van der Waals surface area contributed by atoms with E-state index >= 15 is 0 Å². The number of aliphatic hydroxyl groups is 1. The Balaban J connectivity index is 1.49. The van der Waals surface area contributed by atoms with E-state index in [0.717, 1.165) is 22.7 Å². The van der Waals surface area contributed by atoms with Gasteiger partial charge in [-0.05, 0) is 42.3 Å². The number of benzene rings is 2. The number of halogens is 3. The van der Waals surface area contributed by atoms with E-state index in [9.17, 15) is 23.5 Å². The third kappa shape index (κ3) is 5.81. The Bertz CT molecular complexity index is 1820. The molecule has 0 amide bonds. The van der Waals surface area contributed by atoms with E-state index in [1.165, 1.54) is 28.6 Å². The van der Waals surface area contributed by atoms with E-state index in [2.05, 4.69) is 15.4 Å². The summed E-state index contributed by atoms with van der Waals surface area (Å²) < 4.78 is 36.1. The van der Waals surface area contributed by atoms with Gasteiger partial charge >= 0.3 is 0 Å². The second-order valence-electron chi connectivity index (χ2n) is 9.63. The van der Waals surface area contributed by atoms with Crippen LogP contribution < -0.4 is 10.3 Å². The van der Waals surface area contributed by atoms with Gasteiger partial charge < -0.3 is 14.4 Å². The average molecular weight is 597 g/mol. The molecule has 0 aliphatic heterocycles. The fraction of sp³-hybridized carbons (Fsp3) is 0.276. The van der Waals surface area contributed by atoms with Gasteiger partial charge in [-0.25, -0.2) is 13.5 Å². The van der Waals surface area contributed by atoms with Crippen molar-refractivity contribution >= 4 is 28.3 Å². The van der Waals surface area contributed by atoms with Crippen molar-refractivity contribution in [3.63, 3.8) is 0 Å². The van der Waals surface area contributed by atoms with Crippen LogP contribution in [0.15, 0.2) is 65.8 Å². The number of nitrogens with zero attached hydrogens (tertiary/aromatic N) is 6. The molecule has 0 saturated heterocycles. The van der Waals surface area contributed by atoms with Gasteiger partial charge in [0.15, 0.2) is 5.78 Å². The number of hydrogen-bond donors (Lipinski definition) is 1. The minimum atomic E-state index is -2.80. The van der Waals surface area contributed by atoms with Gasteiger partial charge in [-0.1, -0.05) is 29.8 Å². The maximum atomic E-state index is 13.5. The van der Waals surface area contributed by atoms with E-state index in [4.69, 9.17) is 16.3 Å². The predicted molar refractivity (Wildman–Crippen MR) is 152 cm³/mol. The van der Waals surface area contributed by atoms with Crippen LogP contribution in [0.2, 0.25) is 5.02 Å². The molecule has 0 radical (unpaired) electrons. The highest BCUT2D eigenvalue weighted by Crippen LogP contribution is 2.36. The molecule has 0 bridgehead atoms. The molecule has 5 rings (SSSR count). The molecule has 3 aromatic heterocycles. The first-order valence-corrected chi connectivity index (χ1v) is 13.5. The number of rotatable bonds is 11. The number of carbonyl (C=O) groups is 1. The van der Waals surface area contributed by atoms with Crippen LogP contribution in [-0.2, 0) is 17.8 Å². The average Bonchev–Trinajstić information content (AvgIpc) is 3.61. The minimum Gasteiger partial charge on any atom is -0.495 e. The lowest BCUT2D eigenvalue weighted by Gasteiger charge is -2.20. The Morgan fingerprint density at radius 1 is 1.10 bits per heavy atom. The quantitative estimate of drug-likeness (QED) is 0.233. The van der Waals surface area contributed by atoms with Crippen LogP contribution in [0.25, 0.3) is 27.7 Å². The van der Waals surface area contributed by atoms with Crippen molar-refractivity contribution < 1.29 is 23.4 Å². The van der Waals surface area contributed by atoms with Crippen molar-refractivity contribution in [2.45, 2.75) is 38.8 Å². The van der Waals surface area contributed by atoms with Crippen molar-refractivity contribution in [2.24, 2.45) is 0 Å². The van der Waals surface area contributed by atoms with Gasteiger partial charge in [-0.15, -0.1) is 5.10 Å². The first kappa shape index (κ1) is 29.1. The van der Waals surface area contributed by atoms with Gasteiger partial charge in [-0.2, -0.15) is 5.10 Å². The van der Waals surface area contributed by atoms with Crippen LogP contribution in [0.3, 0.4) is 0 Å². The molecule has 1 atom stereocenters. The molecular formula is C29H27ClF2N6O4. The molecule has 1 N–H and O–H groups in total. The monoisotopic (exact) mass is 596 g/mol. The SMILES string of the molecule is CCC(C(=O)Cc1ccc2nn(CCO)cc2c1)n1cc(OC)c(-c2cc(Cl)ccc2-n2cc(C(F)F)nn2)cc1=O. The molecule has 2 aromatic carbocycles. The first-order chi connectivity index (χ1) is 20.2. The number of fused-ring (bicyclic) bond motifs is 1. The number of alkyl halides is 2. The van der Waals surface area contributed by atoms with E-state index in [0.29, 0.717) is 34.8 Å². The van der Waals surface area contributed by atoms with Gasteiger partial charge in [0, 0.05) is 40.2 Å². The Labute approximate surface area is 243 Å². The van der Waals surface area contributed by atoms with E-state index in [1.54, 1.807) is 22.9 Å². The van der Waals surface area contributed by atoms with Crippen LogP contribution in [0.5, 0.6) is 5.75 Å². The molecule has 5 aromatic rings. The van der Waals surface area contributed by atoms with Gasteiger partial charge in [0.2, 0.25) is 0 Å². The summed E-state index contributed by atoms with van der Waals surface area (Å²) in [4.78, 5) is 26.9. The van der Waals surface area contributed by atoms with Crippen molar-refractivity contribution in [1.29, 1.82) is 0 Å². The second-order valence-corrected chi connectivity index (χ2v) is 10.1. The fourth-order valence-corrected chi connectivity index (χ4v) is 5.09. The Hall–Kier alpha value is -4.42. The van der Waals surface area contributed by atoms with Gasteiger partial charge in [0.25, 0.3) is 12.0 Å². The molecule has 0 aliphatic carbocycles. The largest absolute Gasteiger partial charge is 0.495 e. The number of aliphatic hydroxyl groups excluding tert-OH is 1. The first-order valence-electron chi connectivity index (χ1n) is 13.1. The number of ketones is 1. The highest BCUT2D eigenvalue weighted by molar-refractivity contribution is 6.31. The molecule has 0 saturated carbocycles. The number of hydrogen-bond acceptors (Lipinski definition) is 7. The molecule has 218 valence electrons. The van der Waals surface area contributed by atoms with E-state index in [-0.39, 0.29) is 24.6 Å². The fourth-order valence-electron chi connectivity index (χ4n) is 4.92. The maximum Gasteiger partial charge on any atom is 0.283 e. The number of ether oxygens (including phenoxy) is 1. The standard InChI is InChI=1S/C29H27ClF2N6O4/c1-3-24(26(40)11-17-4-6-22-18(10-17)14-36(34-22)8-9-39)37-16-27(42-2)21(13-28(37)41)20-12-19(30)5-7-25(20)38-15-23(29(31)32)33-35-38/h4-7,10,12-16,24,29,39H,3,8-9,11H2,1-2H3. The van der Waals surface area contributed by atoms with Crippen molar-refractivity contribution in [3.05, 3.63) is 87.7 Å². The van der Waals surface area contributed by atoms with Gasteiger partial charge in [0.05, 0.1) is 49.9 Å². The highest BCUT2D eigenvalue weighted by Gasteiger charge is 2.24. The van der Waals surface area contributed by atoms with Crippen LogP contribution in [0.4, 0.5) is 8.78 Å². The molecule has 42 heavy (non-hydrogen) atoms. The summed E-state index contributed by atoms with van der Waals surface area (Å²) in [7, 11) is 1.43. The molecule has 3 heterocycles. The molecule has 0 spiro atoms. The molecular weight excluding hydrogens is 570 g/mol. The van der Waals surface area contributed by atoms with Crippen molar-refractivity contribution in [2.75, 3.05) is 13.7 Å². The topological polar surface area (TPSA) is 117 Å². The Morgan fingerprint density at radius 2 is 1.90 bits per heavy atom. The number of methoxy groups -OCH3 is 1. The summed E-state index contributed by atoms with van der Waals surface area (Å²) in [5.41, 5.74) is 1.67. The molecule has 0 aliphatic rings. The van der Waals surface area contributed by atoms with Gasteiger partial charge in [-0.3, -0.25) is 14.3 Å². The zero-order valence-corrected chi connectivity index (χ0v) is 23.5. The van der Waals surface area contributed by atoms with E-state index in [1.807, 2.05) is 31.3 Å². The van der Waals surface area contributed by atoms with E-state index < -0.39 is 23.7 Å². The summed E-state index contributed by atoms with van der Waals surface area (Å²) in [6.45, 7) is 2.15. The molecule has 10 nitrogen and oxygen atoms in total. The Kier molecular flexibility index (Phi) is 8.46. The molecule has 13 heteroatoms. The zero-order chi connectivity index (χ0) is 30.0. The van der Waals surface area contributed by atoms with Crippen LogP contribution in [0, 0.1) is 0 Å². The molecule has 0 fully saturated rings. The minimum absolute atomic E-state index is 0.0345. The maximum absolute atomic E-state index is 13.5. The normalized spacial score (nSPS) is 12.3. The zero-order valence-electron chi connectivity index (χ0n) is 22.7. The third-order valence-corrected chi connectivity index (χ3v) is 7.15. The third-order valence-electron chi connectivity index (χ3n) is 6.91. The van der Waals surface area contributed by atoms with Crippen LogP contribution >= 0.6 is 11.6 Å². The predicted octanol–water partition coefficient (Wildman–Crippen LogP) is 4.80. The van der Waals surface area contributed by atoms with Crippen LogP contribution in [-0.4, -0.2) is 53.9 Å². The number of carbonyl (C=O) groups excluding carboxylic acids is 1. The summed E-state index contributed by atoms with van der Waals surface area (Å²) >= 11 is 6.27. The number of pyridine rings is 1. The lowest BCUT2D eigenvalue weighted by atomic mass is 9.99. The summed E-state index contributed by atoms with van der Waals surface area (Å²) in [6.07, 6.45) is 2.03. The molecule has 1 unspecified atom stereocenters. The van der Waals surface area contributed by atoms with Crippen LogP contribution in [0.1, 0.15) is 37.1 Å². The summed E-state index contributed by atoms with van der Waals surface area (Å²) in [5.74, 6) is 0.110. The second kappa shape index (κ2) is 12.2.